The van der Waals surface area contributed by atoms with Crippen LogP contribution in [0.3, 0.4) is 0 Å². The van der Waals surface area contributed by atoms with Crippen LogP contribution in [0.4, 0.5) is 0 Å². The first-order valence-electron chi connectivity index (χ1n) is 6.36. The molecular formula is C13H28N2O2. The summed E-state index contributed by atoms with van der Waals surface area (Å²) in [6.45, 7) is 10.4. The van der Waals surface area contributed by atoms with Crippen molar-refractivity contribution >= 4 is 5.91 Å². The summed E-state index contributed by atoms with van der Waals surface area (Å²) in [6, 6.07) is -0.521. The lowest BCUT2D eigenvalue weighted by atomic mass is 9.82. The smallest absolute Gasteiger partial charge is 0.237 e. The zero-order chi connectivity index (χ0) is 13.7. The average molecular weight is 244 g/mol. The fraction of sp³-hybridized carbons (Fsp3) is 0.923. The highest BCUT2D eigenvalue weighted by molar-refractivity contribution is 5.82. The zero-order valence-corrected chi connectivity index (χ0v) is 11.8. The van der Waals surface area contributed by atoms with Gasteiger partial charge in [-0.2, -0.15) is 0 Å². The van der Waals surface area contributed by atoms with E-state index >= 15 is 0 Å². The Bertz CT molecular complexity index is 234. The topological polar surface area (TPSA) is 75.3 Å². The Morgan fingerprint density at radius 3 is 2.06 bits per heavy atom. The molecule has 4 heteroatoms. The molecule has 17 heavy (non-hydrogen) atoms. The van der Waals surface area contributed by atoms with Gasteiger partial charge in [-0.15, -0.1) is 0 Å². The first-order chi connectivity index (χ1) is 7.72. The van der Waals surface area contributed by atoms with E-state index in [9.17, 15) is 9.90 Å². The van der Waals surface area contributed by atoms with Crippen LogP contribution in [-0.4, -0.2) is 30.2 Å². The molecule has 0 unspecified atom stereocenters. The highest BCUT2D eigenvalue weighted by atomic mass is 16.3. The van der Waals surface area contributed by atoms with Crippen molar-refractivity contribution in [3.63, 3.8) is 0 Å². The van der Waals surface area contributed by atoms with E-state index in [0.29, 0.717) is 6.54 Å². The summed E-state index contributed by atoms with van der Waals surface area (Å²) < 4.78 is 0. The molecule has 0 aliphatic carbocycles. The molecule has 0 aromatic rings. The van der Waals surface area contributed by atoms with Crippen molar-refractivity contribution in [1.82, 2.24) is 5.32 Å². The van der Waals surface area contributed by atoms with Crippen LogP contribution in [-0.2, 0) is 4.79 Å². The number of rotatable bonds is 6. The third kappa shape index (κ3) is 4.64. The van der Waals surface area contributed by atoms with Crippen molar-refractivity contribution < 1.29 is 9.90 Å². The van der Waals surface area contributed by atoms with Crippen molar-refractivity contribution in [2.24, 2.45) is 16.6 Å². The highest BCUT2D eigenvalue weighted by Crippen LogP contribution is 2.24. The Morgan fingerprint density at radius 1 is 1.29 bits per heavy atom. The summed E-state index contributed by atoms with van der Waals surface area (Å²) in [4.78, 5) is 11.9. The van der Waals surface area contributed by atoms with Gasteiger partial charge in [0.25, 0.3) is 0 Å². The molecule has 4 N–H and O–H groups in total. The number of hydrogen-bond donors (Lipinski definition) is 3. The number of amides is 1. The largest absolute Gasteiger partial charge is 0.396 e. The van der Waals surface area contributed by atoms with Gasteiger partial charge in [-0.05, 0) is 18.3 Å². The lowest BCUT2D eigenvalue weighted by molar-refractivity contribution is -0.125. The minimum absolute atomic E-state index is 0.0883. The molecule has 1 amide bonds. The van der Waals surface area contributed by atoms with E-state index in [1.54, 1.807) is 0 Å². The third-order valence-electron chi connectivity index (χ3n) is 3.69. The summed E-state index contributed by atoms with van der Waals surface area (Å²) in [5.74, 6) is -0.141. The maximum absolute atomic E-state index is 11.9. The van der Waals surface area contributed by atoms with Gasteiger partial charge < -0.3 is 16.2 Å². The SMILES string of the molecule is CCC(CC)(CO)CNC(=O)[C@H](N)C(C)(C)C. The van der Waals surface area contributed by atoms with Gasteiger partial charge in [-0.25, -0.2) is 0 Å². The quantitative estimate of drug-likeness (QED) is 0.658. The number of aliphatic hydroxyl groups excluding tert-OH is 1. The van der Waals surface area contributed by atoms with Gasteiger partial charge in [0.05, 0.1) is 12.6 Å². The summed E-state index contributed by atoms with van der Waals surface area (Å²) in [7, 11) is 0. The Morgan fingerprint density at radius 2 is 1.76 bits per heavy atom. The number of carbonyl (C=O) groups excluding carboxylic acids is 1. The maximum Gasteiger partial charge on any atom is 0.237 e. The number of nitrogens with two attached hydrogens (primary N) is 1. The fourth-order valence-electron chi connectivity index (χ4n) is 1.56. The number of carbonyl (C=O) groups is 1. The second kappa shape index (κ2) is 6.36. The van der Waals surface area contributed by atoms with E-state index in [0.717, 1.165) is 12.8 Å². The van der Waals surface area contributed by atoms with Gasteiger partial charge in [0, 0.05) is 12.0 Å². The Balaban J connectivity index is 4.42. The summed E-state index contributed by atoms with van der Waals surface area (Å²) >= 11 is 0. The summed E-state index contributed by atoms with van der Waals surface area (Å²) in [6.07, 6.45) is 1.68. The predicted molar refractivity (Wildman–Crippen MR) is 70.5 cm³/mol. The van der Waals surface area contributed by atoms with E-state index in [2.05, 4.69) is 5.32 Å². The van der Waals surface area contributed by atoms with Crippen molar-refractivity contribution in [3.05, 3.63) is 0 Å². The monoisotopic (exact) mass is 244 g/mol. The maximum atomic E-state index is 11.9. The summed E-state index contributed by atoms with van der Waals surface area (Å²) in [5.41, 5.74) is 5.41. The lowest BCUT2D eigenvalue weighted by Crippen LogP contribution is -2.51. The van der Waals surface area contributed by atoms with Crippen LogP contribution in [0.2, 0.25) is 0 Å². The number of hydrogen-bond acceptors (Lipinski definition) is 3. The number of nitrogens with one attached hydrogen (secondary N) is 1. The lowest BCUT2D eigenvalue weighted by Gasteiger charge is -2.32. The van der Waals surface area contributed by atoms with Gasteiger partial charge in [0.1, 0.15) is 0 Å². The second-order valence-corrected chi connectivity index (χ2v) is 5.93. The molecule has 0 spiro atoms. The summed E-state index contributed by atoms with van der Waals surface area (Å²) in [5, 5.41) is 12.3. The standard InChI is InChI=1S/C13H28N2O2/c1-6-13(7-2,9-16)8-15-11(17)10(14)12(3,4)5/h10,16H,6-9,14H2,1-5H3,(H,15,17)/t10-/m0/s1. The van der Waals surface area contributed by atoms with Crippen LogP contribution >= 0.6 is 0 Å². The molecule has 0 heterocycles. The van der Waals surface area contributed by atoms with Crippen LogP contribution < -0.4 is 11.1 Å². The van der Waals surface area contributed by atoms with Crippen molar-refractivity contribution in [3.8, 4) is 0 Å². The minimum atomic E-state index is -0.521. The minimum Gasteiger partial charge on any atom is -0.396 e. The van der Waals surface area contributed by atoms with E-state index < -0.39 is 6.04 Å². The first-order valence-corrected chi connectivity index (χ1v) is 6.36. The molecule has 0 fully saturated rings. The molecule has 0 saturated heterocycles. The molecule has 0 aliphatic rings. The molecule has 0 bridgehead atoms. The molecule has 0 aromatic carbocycles. The third-order valence-corrected chi connectivity index (χ3v) is 3.69. The van der Waals surface area contributed by atoms with Crippen molar-refractivity contribution in [2.75, 3.05) is 13.2 Å². The average Bonchev–Trinajstić information content (AvgIpc) is 2.29. The molecule has 0 saturated carbocycles. The Hall–Kier alpha value is -0.610. The molecule has 102 valence electrons. The second-order valence-electron chi connectivity index (χ2n) is 5.93. The normalized spacial score (nSPS) is 14.5. The molecular weight excluding hydrogens is 216 g/mol. The van der Waals surface area contributed by atoms with E-state index in [-0.39, 0.29) is 23.3 Å². The van der Waals surface area contributed by atoms with Gasteiger partial charge in [0.2, 0.25) is 5.91 Å². The molecule has 0 aromatic heterocycles. The van der Waals surface area contributed by atoms with Crippen LogP contribution in [0.15, 0.2) is 0 Å². The Labute approximate surface area is 105 Å². The molecule has 0 radical (unpaired) electrons. The molecule has 4 nitrogen and oxygen atoms in total. The van der Waals surface area contributed by atoms with E-state index in [1.807, 2.05) is 34.6 Å². The van der Waals surface area contributed by atoms with Crippen molar-refractivity contribution in [2.45, 2.75) is 53.5 Å². The van der Waals surface area contributed by atoms with Crippen molar-refractivity contribution in [1.29, 1.82) is 0 Å². The van der Waals surface area contributed by atoms with Crippen LogP contribution in [0.1, 0.15) is 47.5 Å². The molecule has 0 aliphatic heterocycles. The fourth-order valence-corrected chi connectivity index (χ4v) is 1.56. The Kier molecular flexibility index (Phi) is 6.13. The van der Waals surface area contributed by atoms with Crippen LogP contribution in [0, 0.1) is 10.8 Å². The van der Waals surface area contributed by atoms with Gasteiger partial charge in [0.15, 0.2) is 0 Å². The van der Waals surface area contributed by atoms with Crippen LogP contribution in [0.25, 0.3) is 0 Å². The van der Waals surface area contributed by atoms with Crippen LogP contribution in [0.5, 0.6) is 0 Å². The van der Waals surface area contributed by atoms with Gasteiger partial charge in [-0.3, -0.25) is 4.79 Å². The first kappa shape index (κ1) is 16.4. The zero-order valence-electron chi connectivity index (χ0n) is 11.8. The predicted octanol–water partition coefficient (Wildman–Crippen LogP) is 1.27. The van der Waals surface area contributed by atoms with Gasteiger partial charge in [-0.1, -0.05) is 34.6 Å². The highest BCUT2D eigenvalue weighted by Gasteiger charge is 2.30. The van der Waals surface area contributed by atoms with E-state index in [1.165, 1.54) is 0 Å². The molecule has 0 rings (SSSR count). The number of aliphatic hydroxyl groups is 1. The van der Waals surface area contributed by atoms with Gasteiger partial charge >= 0.3 is 0 Å². The van der Waals surface area contributed by atoms with E-state index in [4.69, 9.17) is 5.73 Å². The molecule has 1 atom stereocenters.